The lowest BCUT2D eigenvalue weighted by atomic mass is 10.0. The summed E-state index contributed by atoms with van der Waals surface area (Å²) in [5, 5.41) is 11.1. The molecular weight excluding hydrogens is 486 g/mol. The topological polar surface area (TPSA) is 144 Å². The van der Waals surface area contributed by atoms with Crippen molar-refractivity contribution in [1.82, 2.24) is 20.1 Å². The van der Waals surface area contributed by atoms with Gasteiger partial charge in [-0.1, -0.05) is 36.9 Å². The lowest BCUT2D eigenvalue weighted by Crippen LogP contribution is -2.48. The first-order valence-electron chi connectivity index (χ1n) is 12.1. The molecule has 11 heteroatoms. The average Bonchev–Trinajstić information content (AvgIpc) is 2.96. The molecule has 38 heavy (non-hydrogen) atoms. The summed E-state index contributed by atoms with van der Waals surface area (Å²) < 4.78 is 5.37. The maximum Gasteiger partial charge on any atom is 0.338 e. The van der Waals surface area contributed by atoms with Gasteiger partial charge in [-0.25, -0.2) is 4.79 Å². The van der Waals surface area contributed by atoms with E-state index in [4.69, 9.17) is 10.5 Å². The number of nitrogens with zero attached hydrogens (tertiary/aromatic N) is 5. The number of anilines is 3. The fraction of sp³-hybridized carbons (Fsp3) is 0.259. The molecular formula is C27H29N7O4. The number of esters is 1. The minimum absolute atomic E-state index is 0.0390. The van der Waals surface area contributed by atoms with Gasteiger partial charge in [-0.3, -0.25) is 9.59 Å². The van der Waals surface area contributed by atoms with Gasteiger partial charge in [0.05, 0.1) is 5.56 Å². The third-order valence-corrected chi connectivity index (χ3v) is 6.25. The monoisotopic (exact) mass is 515 g/mol. The van der Waals surface area contributed by atoms with Crippen LogP contribution < -0.4 is 16.0 Å². The molecule has 196 valence electrons. The zero-order valence-electron chi connectivity index (χ0n) is 21.0. The maximum atomic E-state index is 12.4. The summed E-state index contributed by atoms with van der Waals surface area (Å²) in [4.78, 5) is 44.5. The van der Waals surface area contributed by atoms with E-state index in [2.05, 4.69) is 27.1 Å². The summed E-state index contributed by atoms with van der Waals surface area (Å²) in [5.41, 5.74) is 7.20. The van der Waals surface area contributed by atoms with E-state index >= 15 is 0 Å². The van der Waals surface area contributed by atoms with E-state index < -0.39 is 11.9 Å². The van der Waals surface area contributed by atoms with E-state index in [-0.39, 0.29) is 36.0 Å². The summed E-state index contributed by atoms with van der Waals surface area (Å²) in [5.74, 6) is -0.966. The molecule has 2 heterocycles. The van der Waals surface area contributed by atoms with Crippen molar-refractivity contribution in [2.45, 2.75) is 25.5 Å². The Hall–Kier alpha value is -4.80. The second-order valence-electron chi connectivity index (χ2n) is 8.83. The number of nitrogens with two attached hydrogens (primary N) is 1. The average molecular weight is 516 g/mol. The van der Waals surface area contributed by atoms with Gasteiger partial charge in [-0.15, -0.1) is 10.2 Å². The van der Waals surface area contributed by atoms with Gasteiger partial charge in [0.25, 0.3) is 5.91 Å². The van der Waals surface area contributed by atoms with Gasteiger partial charge in [0, 0.05) is 31.9 Å². The molecule has 3 N–H and O–H groups in total. The number of amides is 2. The minimum atomic E-state index is -0.789. The maximum absolute atomic E-state index is 12.4. The van der Waals surface area contributed by atoms with Crippen molar-refractivity contribution >= 4 is 35.2 Å². The van der Waals surface area contributed by atoms with Crippen LogP contribution in [-0.2, 0) is 16.1 Å². The molecule has 0 aliphatic carbocycles. The van der Waals surface area contributed by atoms with Crippen molar-refractivity contribution in [3.8, 4) is 0 Å². The number of hydrogen-bond donors (Lipinski definition) is 2. The molecule has 11 nitrogen and oxygen atoms in total. The predicted octanol–water partition coefficient (Wildman–Crippen LogP) is 2.68. The van der Waals surface area contributed by atoms with Crippen molar-refractivity contribution < 1.29 is 19.1 Å². The van der Waals surface area contributed by atoms with E-state index in [1.54, 1.807) is 29.2 Å². The van der Waals surface area contributed by atoms with Crippen LogP contribution >= 0.6 is 0 Å². The van der Waals surface area contributed by atoms with Gasteiger partial charge >= 0.3 is 5.97 Å². The van der Waals surface area contributed by atoms with Crippen molar-refractivity contribution in [3.05, 3.63) is 84.1 Å². The molecule has 0 bridgehead atoms. The van der Waals surface area contributed by atoms with Crippen LogP contribution in [0, 0.1) is 0 Å². The molecule has 1 fully saturated rings. The number of rotatable bonds is 9. The third kappa shape index (κ3) is 6.30. The number of likely N-dealkylation sites (tertiary alicyclic amines) is 1. The minimum Gasteiger partial charge on any atom is -0.457 e. The molecule has 1 aliphatic heterocycles. The van der Waals surface area contributed by atoms with Crippen LogP contribution in [-0.4, -0.2) is 64.0 Å². The van der Waals surface area contributed by atoms with Crippen LogP contribution in [0.5, 0.6) is 0 Å². The Bertz CT molecular complexity index is 1310. The molecule has 1 aliphatic rings. The molecule has 0 spiro atoms. The van der Waals surface area contributed by atoms with Gasteiger partial charge in [0.15, 0.2) is 11.5 Å². The fourth-order valence-electron chi connectivity index (χ4n) is 4.12. The van der Waals surface area contributed by atoms with Crippen LogP contribution in [0.15, 0.2) is 67.3 Å². The van der Waals surface area contributed by atoms with E-state index in [0.29, 0.717) is 24.3 Å². The Labute approximate surface area is 220 Å². The first-order valence-corrected chi connectivity index (χ1v) is 12.1. The van der Waals surface area contributed by atoms with Gasteiger partial charge < -0.3 is 25.6 Å². The molecule has 1 saturated heterocycles. The zero-order chi connectivity index (χ0) is 27.1. The van der Waals surface area contributed by atoms with Gasteiger partial charge in [-0.2, -0.15) is 4.98 Å². The first-order chi connectivity index (χ1) is 18.4. The van der Waals surface area contributed by atoms with Crippen molar-refractivity contribution in [2.75, 3.05) is 30.4 Å². The summed E-state index contributed by atoms with van der Waals surface area (Å²) >= 11 is 0. The van der Waals surface area contributed by atoms with E-state index in [9.17, 15) is 14.4 Å². The Kier molecular flexibility index (Phi) is 8.27. The second kappa shape index (κ2) is 12.0. The molecule has 1 aromatic heterocycles. The van der Waals surface area contributed by atoms with Crippen LogP contribution in [0.4, 0.5) is 17.5 Å². The fourth-order valence-corrected chi connectivity index (χ4v) is 4.12. The second-order valence-corrected chi connectivity index (χ2v) is 8.83. The van der Waals surface area contributed by atoms with Crippen LogP contribution in [0.3, 0.4) is 0 Å². The highest BCUT2D eigenvalue weighted by molar-refractivity contribution is 5.96. The largest absolute Gasteiger partial charge is 0.457 e. The number of carbonyl (C=O) groups is 3. The van der Waals surface area contributed by atoms with E-state index in [1.165, 1.54) is 6.08 Å². The number of carbonyl (C=O) groups excluding carboxylic acids is 3. The number of piperidine rings is 1. The van der Waals surface area contributed by atoms with Crippen molar-refractivity contribution in [3.63, 3.8) is 0 Å². The molecule has 0 saturated carbocycles. The van der Waals surface area contributed by atoms with Crippen molar-refractivity contribution in [1.29, 1.82) is 0 Å². The van der Waals surface area contributed by atoms with Crippen LogP contribution in [0.25, 0.3) is 0 Å². The highest BCUT2D eigenvalue weighted by atomic mass is 16.5. The Morgan fingerprint density at radius 1 is 1.16 bits per heavy atom. The summed E-state index contributed by atoms with van der Waals surface area (Å²) in [7, 11) is 1.81. The first kappa shape index (κ1) is 26.3. The Morgan fingerprint density at radius 3 is 2.58 bits per heavy atom. The number of benzene rings is 2. The van der Waals surface area contributed by atoms with E-state index in [1.807, 2.05) is 42.3 Å². The lowest BCUT2D eigenvalue weighted by Gasteiger charge is -2.37. The number of nitrogens with one attached hydrogen (secondary N) is 1. The molecule has 0 unspecified atom stereocenters. The molecule has 1 atom stereocenters. The summed E-state index contributed by atoms with van der Waals surface area (Å²) in [6, 6.07) is 15.9. The van der Waals surface area contributed by atoms with Gasteiger partial charge in [0.1, 0.15) is 6.61 Å². The molecule has 4 rings (SSSR count). The van der Waals surface area contributed by atoms with Crippen molar-refractivity contribution in [2.24, 2.45) is 5.73 Å². The highest BCUT2D eigenvalue weighted by Crippen LogP contribution is 2.23. The highest BCUT2D eigenvalue weighted by Gasteiger charge is 2.27. The third-order valence-electron chi connectivity index (χ3n) is 6.25. The summed E-state index contributed by atoms with van der Waals surface area (Å²) in [6.45, 7) is 4.89. The number of primary amides is 1. The number of likely N-dealkylation sites (N-methyl/N-ethyl adjacent to an activating group) is 1. The molecule has 2 aromatic carbocycles. The number of hydrogen-bond acceptors (Lipinski definition) is 9. The molecule has 0 radical (unpaired) electrons. The van der Waals surface area contributed by atoms with E-state index in [0.717, 1.165) is 18.4 Å². The van der Waals surface area contributed by atoms with Gasteiger partial charge in [-0.05, 0) is 48.7 Å². The standard InChI is InChI=1S/C27H29N7O4/c1-3-22(35)34-15-7-10-21(16-34)33(2)27-30-25(23(24(28)36)31-32-27)29-20-13-11-19(12-14-20)26(37)38-17-18-8-5-4-6-9-18/h3-6,8-9,11-14,21H,1,7,10,15-17H2,2H3,(H2,28,36)(H,29,30,32)/t21-/m1/s1. The number of ether oxygens (including phenoxy) is 1. The number of aromatic nitrogens is 3. The Morgan fingerprint density at radius 2 is 1.89 bits per heavy atom. The zero-order valence-corrected chi connectivity index (χ0v) is 21.0. The molecule has 3 aromatic rings. The smallest absolute Gasteiger partial charge is 0.338 e. The molecule has 2 amide bonds. The Balaban J connectivity index is 1.47. The SMILES string of the molecule is C=CC(=O)N1CCC[C@@H](N(C)c2nnc(C(N)=O)c(Nc3ccc(C(=O)OCc4ccccc4)cc3)n2)C1. The lowest BCUT2D eigenvalue weighted by molar-refractivity contribution is -0.127. The normalized spacial score (nSPS) is 14.9. The van der Waals surface area contributed by atoms with Crippen LogP contribution in [0.2, 0.25) is 0 Å². The van der Waals surface area contributed by atoms with Crippen LogP contribution in [0.1, 0.15) is 39.3 Å². The predicted molar refractivity (Wildman–Crippen MR) is 142 cm³/mol. The van der Waals surface area contributed by atoms with Gasteiger partial charge in [0.2, 0.25) is 11.9 Å². The summed E-state index contributed by atoms with van der Waals surface area (Å²) in [6.07, 6.45) is 2.97. The quantitative estimate of drug-likeness (QED) is 0.325.